The summed E-state index contributed by atoms with van der Waals surface area (Å²) in [6.45, 7) is -2.66. The van der Waals surface area contributed by atoms with E-state index in [1.807, 2.05) is 0 Å². The molecule has 0 aliphatic carbocycles. The van der Waals surface area contributed by atoms with E-state index in [0.717, 1.165) is 0 Å². The van der Waals surface area contributed by atoms with Crippen molar-refractivity contribution in [3.8, 4) is 0 Å². The van der Waals surface area contributed by atoms with Crippen LogP contribution in [0.15, 0.2) is 27.1 Å². The lowest BCUT2D eigenvalue weighted by molar-refractivity contribution is -0.149. The third kappa shape index (κ3) is 5.12. The lowest BCUT2D eigenvalue weighted by Crippen LogP contribution is -2.42. The molecule has 1 amide bonds. The van der Waals surface area contributed by atoms with Crippen molar-refractivity contribution in [3.63, 3.8) is 0 Å². The van der Waals surface area contributed by atoms with Crippen LogP contribution in [0.5, 0.6) is 0 Å². The Balaban J connectivity index is 3.09. The highest BCUT2D eigenvalue weighted by Gasteiger charge is 2.34. The molecule has 0 aliphatic rings. The summed E-state index contributed by atoms with van der Waals surface area (Å²) in [4.78, 5) is 22.9. The highest BCUT2D eigenvalue weighted by Crippen LogP contribution is 2.24. The van der Waals surface area contributed by atoms with Gasteiger partial charge < -0.3 is 10.0 Å². The fourth-order valence-electron chi connectivity index (χ4n) is 1.41. The largest absolute Gasteiger partial charge is 0.480 e. The molecule has 0 heterocycles. The van der Waals surface area contributed by atoms with Gasteiger partial charge in [0.2, 0.25) is 0 Å². The summed E-state index contributed by atoms with van der Waals surface area (Å²) in [5.41, 5.74) is -0.0510. The minimum atomic E-state index is -4.68. The first-order valence-corrected chi connectivity index (χ1v) is 6.71. The lowest BCUT2D eigenvalue weighted by Gasteiger charge is -2.22. The number of carboxylic acid groups (broad SMARTS) is 1. The molecule has 20 heavy (non-hydrogen) atoms. The van der Waals surface area contributed by atoms with Crippen LogP contribution in [0.3, 0.4) is 0 Å². The number of benzene rings is 1. The summed E-state index contributed by atoms with van der Waals surface area (Å²) in [6.07, 6.45) is -4.68. The maximum absolute atomic E-state index is 12.4. The Bertz CT molecular complexity index is 534. The number of hydrogen-bond donors (Lipinski definition) is 1. The monoisotopic (exact) mass is 417 g/mol. The molecular formula is C11H8Br2F3NO3. The van der Waals surface area contributed by atoms with Crippen molar-refractivity contribution in [2.45, 2.75) is 6.18 Å². The maximum atomic E-state index is 12.4. The topological polar surface area (TPSA) is 57.6 Å². The van der Waals surface area contributed by atoms with E-state index in [9.17, 15) is 22.8 Å². The summed E-state index contributed by atoms with van der Waals surface area (Å²) in [6, 6.07) is 4.38. The van der Waals surface area contributed by atoms with E-state index >= 15 is 0 Å². The molecule has 0 aliphatic heterocycles. The normalized spacial score (nSPS) is 11.2. The molecule has 0 fully saturated rings. The van der Waals surface area contributed by atoms with Gasteiger partial charge in [-0.3, -0.25) is 9.59 Å². The molecule has 0 aromatic heterocycles. The molecule has 1 N–H and O–H groups in total. The van der Waals surface area contributed by atoms with E-state index in [1.165, 1.54) is 12.1 Å². The predicted molar refractivity (Wildman–Crippen MR) is 71.4 cm³/mol. The van der Waals surface area contributed by atoms with Crippen LogP contribution >= 0.6 is 31.9 Å². The first-order chi connectivity index (χ1) is 9.10. The SMILES string of the molecule is O=C(O)CN(CC(F)(F)F)C(=O)c1cc(Br)ccc1Br. The number of carboxylic acids is 1. The van der Waals surface area contributed by atoms with Gasteiger partial charge in [-0.15, -0.1) is 0 Å². The minimum Gasteiger partial charge on any atom is -0.480 e. The van der Waals surface area contributed by atoms with Crippen molar-refractivity contribution in [2.75, 3.05) is 13.1 Å². The Kier molecular flexibility index (Phi) is 5.58. The average molecular weight is 419 g/mol. The van der Waals surface area contributed by atoms with Crippen LogP contribution in [0.25, 0.3) is 0 Å². The van der Waals surface area contributed by atoms with Crippen molar-refractivity contribution in [2.24, 2.45) is 0 Å². The second-order valence-electron chi connectivity index (χ2n) is 3.79. The van der Waals surface area contributed by atoms with Crippen molar-refractivity contribution in [1.29, 1.82) is 0 Å². The summed E-state index contributed by atoms with van der Waals surface area (Å²) in [5.74, 6) is -2.54. The maximum Gasteiger partial charge on any atom is 0.406 e. The van der Waals surface area contributed by atoms with Crippen LogP contribution < -0.4 is 0 Å². The second kappa shape index (κ2) is 6.57. The minimum absolute atomic E-state index is 0.0510. The fraction of sp³-hybridized carbons (Fsp3) is 0.273. The van der Waals surface area contributed by atoms with Crippen molar-refractivity contribution < 1.29 is 27.9 Å². The summed E-state index contributed by atoms with van der Waals surface area (Å²) in [5, 5.41) is 8.62. The quantitative estimate of drug-likeness (QED) is 0.816. The van der Waals surface area contributed by atoms with E-state index < -0.39 is 31.1 Å². The molecule has 9 heteroatoms. The number of carbonyl (C=O) groups excluding carboxylic acids is 1. The van der Waals surface area contributed by atoms with Crippen LogP contribution in [0.4, 0.5) is 13.2 Å². The van der Waals surface area contributed by atoms with Gasteiger partial charge in [-0.05, 0) is 34.1 Å². The third-order valence-corrected chi connectivity index (χ3v) is 3.33. The van der Waals surface area contributed by atoms with Crippen LogP contribution in [0.1, 0.15) is 10.4 Å². The summed E-state index contributed by atoms with van der Waals surface area (Å²) < 4.78 is 38.0. The first-order valence-electron chi connectivity index (χ1n) is 5.13. The van der Waals surface area contributed by atoms with E-state index in [1.54, 1.807) is 6.07 Å². The van der Waals surface area contributed by atoms with E-state index in [2.05, 4.69) is 31.9 Å². The zero-order valence-electron chi connectivity index (χ0n) is 9.75. The smallest absolute Gasteiger partial charge is 0.406 e. The van der Waals surface area contributed by atoms with Crippen molar-refractivity contribution in [1.82, 2.24) is 4.90 Å². The molecule has 0 saturated carbocycles. The van der Waals surface area contributed by atoms with E-state index in [-0.39, 0.29) is 14.9 Å². The number of rotatable bonds is 4. The molecule has 0 bridgehead atoms. The van der Waals surface area contributed by atoms with Gasteiger partial charge in [-0.1, -0.05) is 15.9 Å². The summed E-state index contributed by atoms with van der Waals surface area (Å²) >= 11 is 6.14. The molecule has 0 saturated heterocycles. The highest BCUT2D eigenvalue weighted by molar-refractivity contribution is 9.11. The molecule has 0 atom stereocenters. The molecule has 110 valence electrons. The molecule has 0 unspecified atom stereocenters. The highest BCUT2D eigenvalue weighted by atomic mass is 79.9. The number of halogens is 5. The van der Waals surface area contributed by atoms with Crippen molar-refractivity contribution >= 4 is 43.7 Å². The number of nitrogens with zero attached hydrogens (tertiary/aromatic N) is 1. The first kappa shape index (κ1) is 17.0. The second-order valence-corrected chi connectivity index (χ2v) is 5.56. The number of amides is 1. The number of alkyl halides is 3. The van der Waals surface area contributed by atoms with Crippen LogP contribution in [-0.4, -0.2) is 41.1 Å². The number of carbonyl (C=O) groups is 2. The fourth-order valence-corrected chi connectivity index (χ4v) is 2.19. The standard InChI is InChI=1S/C11H8Br2F3NO3/c12-6-1-2-8(13)7(3-6)10(20)17(4-9(18)19)5-11(14,15)16/h1-3H,4-5H2,(H,18,19). The molecular weight excluding hydrogens is 411 g/mol. The third-order valence-electron chi connectivity index (χ3n) is 2.14. The lowest BCUT2D eigenvalue weighted by atomic mass is 10.2. The van der Waals surface area contributed by atoms with Crippen LogP contribution in [0, 0.1) is 0 Å². The van der Waals surface area contributed by atoms with Gasteiger partial charge in [0.1, 0.15) is 13.1 Å². The predicted octanol–water partition coefficient (Wildman–Crippen LogP) is 3.30. The Hall–Kier alpha value is -1.09. The van der Waals surface area contributed by atoms with Gasteiger partial charge in [0.25, 0.3) is 5.91 Å². The Morgan fingerprint density at radius 3 is 2.35 bits per heavy atom. The molecule has 0 radical (unpaired) electrons. The van der Waals surface area contributed by atoms with Crippen molar-refractivity contribution in [3.05, 3.63) is 32.7 Å². The summed E-state index contributed by atoms with van der Waals surface area (Å²) in [7, 11) is 0. The Morgan fingerprint density at radius 1 is 1.25 bits per heavy atom. The number of aliphatic carboxylic acids is 1. The van der Waals surface area contributed by atoms with Gasteiger partial charge in [-0.2, -0.15) is 13.2 Å². The van der Waals surface area contributed by atoms with Crippen LogP contribution in [-0.2, 0) is 4.79 Å². The van der Waals surface area contributed by atoms with E-state index in [4.69, 9.17) is 5.11 Å². The van der Waals surface area contributed by atoms with Gasteiger partial charge in [0.05, 0.1) is 5.56 Å². The van der Waals surface area contributed by atoms with Gasteiger partial charge >= 0.3 is 12.1 Å². The molecule has 4 nitrogen and oxygen atoms in total. The van der Waals surface area contributed by atoms with Gasteiger partial charge in [-0.25, -0.2) is 0 Å². The zero-order valence-corrected chi connectivity index (χ0v) is 12.9. The molecule has 1 rings (SSSR count). The molecule has 1 aromatic rings. The zero-order chi connectivity index (χ0) is 15.5. The Morgan fingerprint density at radius 2 is 1.85 bits per heavy atom. The number of hydrogen-bond acceptors (Lipinski definition) is 2. The van der Waals surface area contributed by atoms with Crippen LogP contribution in [0.2, 0.25) is 0 Å². The molecule has 0 spiro atoms. The van der Waals surface area contributed by atoms with Gasteiger partial charge in [0, 0.05) is 8.95 Å². The molecule has 1 aromatic carbocycles. The Labute approximate surface area is 128 Å². The average Bonchev–Trinajstić information content (AvgIpc) is 2.28. The van der Waals surface area contributed by atoms with E-state index in [0.29, 0.717) is 4.47 Å². The van der Waals surface area contributed by atoms with Gasteiger partial charge in [0.15, 0.2) is 0 Å².